The maximum Gasteiger partial charge on any atom is 0.251 e. The minimum absolute atomic E-state index is 0.0205. The molecule has 1 amide bonds. The molecule has 1 rings (SSSR count). The van der Waals surface area contributed by atoms with Crippen LogP contribution in [0, 0.1) is 10.5 Å². The van der Waals surface area contributed by atoms with Crippen LogP contribution in [0.25, 0.3) is 0 Å². The maximum atomic E-state index is 11.8. The summed E-state index contributed by atoms with van der Waals surface area (Å²) in [5.74, 6) is 0.0205. The molecule has 0 aliphatic carbocycles. The zero-order valence-corrected chi connectivity index (χ0v) is 11.8. The van der Waals surface area contributed by atoms with Gasteiger partial charge in [0.05, 0.1) is 0 Å². The van der Waals surface area contributed by atoms with Crippen molar-refractivity contribution in [3.8, 4) is 0 Å². The SMILES string of the molecule is CNCCCNC(=O)c1cccc(I)c1C. The average molecular weight is 332 g/mol. The normalized spacial score (nSPS) is 10.2. The van der Waals surface area contributed by atoms with Gasteiger partial charge in [-0.1, -0.05) is 6.07 Å². The monoisotopic (exact) mass is 332 g/mol. The number of amides is 1. The second-order valence-electron chi connectivity index (χ2n) is 3.63. The number of hydrogen-bond acceptors (Lipinski definition) is 2. The van der Waals surface area contributed by atoms with Crippen LogP contribution < -0.4 is 10.6 Å². The van der Waals surface area contributed by atoms with E-state index >= 15 is 0 Å². The fourth-order valence-electron chi connectivity index (χ4n) is 1.42. The Morgan fingerprint density at radius 1 is 1.38 bits per heavy atom. The topological polar surface area (TPSA) is 41.1 Å². The van der Waals surface area contributed by atoms with Crippen LogP contribution in [0.5, 0.6) is 0 Å². The third-order valence-corrected chi connectivity index (χ3v) is 3.57. The van der Waals surface area contributed by atoms with E-state index in [9.17, 15) is 4.79 Å². The van der Waals surface area contributed by atoms with Crippen molar-refractivity contribution in [1.82, 2.24) is 10.6 Å². The molecule has 16 heavy (non-hydrogen) atoms. The second-order valence-corrected chi connectivity index (χ2v) is 4.79. The zero-order chi connectivity index (χ0) is 12.0. The van der Waals surface area contributed by atoms with Crippen molar-refractivity contribution in [2.75, 3.05) is 20.1 Å². The lowest BCUT2D eigenvalue weighted by atomic mass is 10.1. The smallest absolute Gasteiger partial charge is 0.251 e. The molecule has 0 aromatic heterocycles. The summed E-state index contributed by atoms with van der Waals surface area (Å²) in [5, 5.41) is 5.97. The molecule has 1 aromatic rings. The van der Waals surface area contributed by atoms with E-state index in [-0.39, 0.29) is 5.91 Å². The highest BCUT2D eigenvalue weighted by Gasteiger charge is 2.09. The summed E-state index contributed by atoms with van der Waals surface area (Å²) < 4.78 is 1.13. The zero-order valence-electron chi connectivity index (χ0n) is 9.64. The lowest BCUT2D eigenvalue weighted by Crippen LogP contribution is -2.27. The fourth-order valence-corrected chi connectivity index (χ4v) is 1.91. The highest BCUT2D eigenvalue weighted by Crippen LogP contribution is 2.15. The van der Waals surface area contributed by atoms with Crippen LogP contribution in [0.1, 0.15) is 22.3 Å². The minimum Gasteiger partial charge on any atom is -0.352 e. The Morgan fingerprint density at radius 2 is 2.12 bits per heavy atom. The van der Waals surface area contributed by atoms with Crippen LogP contribution in [-0.4, -0.2) is 26.0 Å². The molecule has 0 unspecified atom stereocenters. The van der Waals surface area contributed by atoms with Crippen LogP contribution in [0.3, 0.4) is 0 Å². The molecule has 0 saturated heterocycles. The van der Waals surface area contributed by atoms with Crippen molar-refractivity contribution in [2.24, 2.45) is 0 Å². The van der Waals surface area contributed by atoms with Crippen molar-refractivity contribution in [3.63, 3.8) is 0 Å². The van der Waals surface area contributed by atoms with E-state index in [1.165, 1.54) is 0 Å². The van der Waals surface area contributed by atoms with Gasteiger partial charge in [-0.25, -0.2) is 0 Å². The van der Waals surface area contributed by atoms with Crippen molar-refractivity contribution in [2.45, 2.75) is 13.3 Å². The number of halogens is 1. The lowest BCUT2D eigenvalue weighted by Gasteiger charge is -2.08. The van der Waals surface area contributed by atoms with Gasteiger partial charge in [0.2, 0.25) is 0 Å². The van der Waals surface area contributed by atoms with Gasteiger partial charge in [0.1, 0.15) is 0 Å². The molecule has 0 fully saturated rings. The molecule has 88 valence electrons. The summed E-state index contributed by atoms with van der Waals surface area (Å²) in [5.41, 5.74) is 1.82. The van der Waals surface area contributed by atoms with Gasteiger partial charge in [-0.2, -0.15) is 0 Å². The van der Waals surface area contributed by atoms with E-state index in [0.717, 1.165) is 27.7 Å². The van der Waals surface area contributed by atoms with Gasteiger partial charge < -0.3 is 10.6 Å². The van der Waals surface area contributed by atoms with Crippen LogP contribution in [0.2, 0.25) is 0 Å². The summed E-state index contributed by atoms with van der Waals surface area (Å²) in [6.07, 6.45) is 0.950. The van der Waals surface area contributed by atoms with Gasteiger partial charge in [-0.3, -0.25) is 4.79 Å². The van der Waals surface area contributed by atoms with Crippen LogP contribution in [0.15, 0.2) is 18.2 Å². The molecular formula is C12H17IN2O. The van der Waals surface area contributed by atoms with Crippen LogP contribution in [-0.2, 0) is 0 Å². The Labute approximate surface area is 110 Å². The van der Waals surface area contributed by atoms with Gasteiger partial charge in [-0.05, 0) is 67.2 Å². The molecule has 4 heteroatoms. The standard InChI is InChI=1S/C12H17IN2O/c1-9-10(5-3-6-11(9)13)12(16)15-8-4-7-14-2/h3,5-6,14H,4,7-8H2,1-2H3,(H,15,16). The van der Waals surface area contributed by atoms with E-state index in [1.54, 1.807) is 0 Å². The molecule has 3 nitrogen and oxygen atoms in total. The van der Waals surface area contributed by atoms with Gasteiger partial charge in [0, 0.05) is 15.7 Å². The highest BCUT2D eigenvalue weighted by atomic mass is 127. The fraction of sp³-hybridized carbons (Fsp3) is 0.417. The van der Waals surface area contributed by atoms with Crippen molar-refractivity contribution < 1.29 is 4.79 Å². The molecule has 0 heterocycles. The predicted octanol–water partition coefficient (Wildman–Crippen LogP) is 1.94. The Hall–Kier alpha value is -0.620. The molecule has 1 aromatic carbocycles. The number of nitrogens with one attached hydrogen (secondary N) is 2. The molecule has 0 bridgehead atoms. The van der Waals surface area contributed by atoms with E-state index in [4.69, 9.17) is 0 Å². The summed E-state index contributed by atoms with van der Waals surface area (Å²) in [6.45, 7) is 3.61. The first-order chi connectivity index (χ1) is 7.66. The van der Waals surface area contributed by atoms with Gasteiger partial charge in [0.25, 0.3) is 5.91 Å². The third kappa shape index (κ3) is 3.75. The van der Waals surface area contributed by atoms with E-state index in [0.29, 0.717) is 6.54 Å². The quantitative estimate of drug-likeness (QED) is 0.639. The van der Waals surface area contributed by atoms with Gasteiger partial charge >= 0.3 is 0 Å². The Kier molecular flexibility index (Phi) is 5.76. The molecule has 0 spiro atoms. The number of carbonyl (C=O) groups excluding carboxylic acids is 1. The highest BCUT2D eigenvalue weighted by molar-refractivity contribution is 14.1. The summed E-state index contributed by atoms with van der Waals surface area (Å²) in [4.78, 5) is 11.8. The first kappa shape index (κ1) is 13.4. The second kappa shape index (κ2) is 6.85. The Balaban J connectivity index is 2.56. The summed E-state index contributed by atoms with van der Waals surface area (Å²) in [7, 11) is 1.91. The first-order valence-electron chi connectivity index (χ1n) is 5.34. The molecule has 0 aliphatic rings. The molecule has 0 saturated carbocycles. The Morgan fingerprint density at radius 3 is 2.81 bits per heavy atom. The van der Waals surface area contributed by atoms with E-state index in [2.05, 4.69) is 33.2 Å². The molecule has 2 N–H and O–H groups in total. The largest absolute Gasteiger partial charge is 0.352 e. The third-order valence-electron chi connectivity index (χ3n) is 2.40. The molecule has 0 aliphatic heterocycles. The molecule has 0 atom stereocenters. The Bertz CT molecular complexity index is 366. The maximum absolute atomic E-state index is 11.8. The number of benzene rings is 1. The number of carbonyl (C=O) groups is 1. The van der Waals surface area contributed by atoms with Crippen LogP contribution >= 0.6 is 22.6 Å². The molecule has 0 radical (unpaired) electrons. The predicted molar refractivity (Wildman–Crippen MR) is 74.8 cm³/mol. The van der Waals surface area contributed by atoms with E-state index in [1.807, 2.05) is 32.2 Å². The summed E-state index contributed by atoms with van der Waals surface area (Å²) >= 11 is 2.24. The minimum atomic E-state index is 0.0205. The van der Waals surface area contributed by atoms with Gasteiger partial charge in [-0.15, -0.1) is 0 Å². The van der Waals surface area contributed by atoms with Crippen molar-refractivity contribution in [1.29, 1.82) is 0 Å². The van der Waals surface area contributed by atoms with Gasteiger partial charge in [0.15, 0.2) is 0 Å². The van der Waals surface area contributed by atoms with Crippen molar-refractivity contribution in [3.05, 3.63) is 32.9 Å². The number of rotatable bonds is 5. The lowest BCUT2D eigenvalue weighted by molar-refractivity contribution is 0.0952. The summed E-state index contributed by atoms with van der Waals surface area (Å²) in [6, 6.07) is 5.79. The first-order valence-corrected chi connectivity index (χ1v) is 6.42. The average Bonchev–Trinajstić information content (AvgIpc) is 2.28. The van der Waals surface area contributed by atoms with Crippen LogP contribution in [0.4, 0.5) is 0 Å². The van der Waals surface area contributed by atoms with Crippen molar-refractivity contribution >= 4 is 28.5 Å². The number of hydrogen-bond donors (Lipinski definition) is 2. The van der Waals surface area contributed by atoms with E-state index < -0.39 is 0 Å². The molecular weight excluding hydrogens is 315 g/mol.